The third-order valence-corrected chi connectivity index (χ3v) is 5.22. The van der Waals surface area contributed by atoms with Crippen molar-refractivity contribution in [1.82, 2.24) is 10.2 Å². The van der Waals surface area contributed by atoms with Gasteiger partial charge in [0.05, 0.1) is 11.4 Å². The lowest BCUT2D eigenvalue weighted by Gasteiger charge is -2.15. The van der Waals surface area contributed by atoms with Crippen molar-refractivity contribution < 1.29 is 14.0 Å². The van der Waals surface area contributed by atoms with Crippen LogP contribution in [-0.2, 0) is 4.79 Å². The Morgan fingerprint density at radius 2 is 2.05 bits per heavy atom. The van der Waals surface area contributed by atoms with E-state index < -0.39 is 0 Å². The number of carbonyl (C=O) groups is 2. The zero-order chi connectivity index (χ0) is 15.7. The maximum atomic E-state index is 13.9. The molecular weight excluding hydrogens is 303 g/mol. The number of aryl methyl sites for hydroxylation is 1. The number of nitrogens with zero attached hydrogens (tertiary/aromatic N) is 1. The van der Waals surface area contributed by atoms with E-state index in [4.69, 9.17) is 0 Å². The van der Waals surface area contributed by atoms with Crippen LogP contribution in [0.2, 0.25) is 0 Å². The number of amides is 2. The summed E-state index contributed by atoms with van der Waals surface area (Å²) in [7, 11) is 0. The largest absolute Gasteiger partial charge is 0.342 e. The highest BCUT2D eigenvalue weighted by molar-refractivity contribution is 7.21. The number of halogens is 1. The third-order valence-electron chi connectivity index (χ3n) is 3.97. The van der Waals surface area contributed by atoms with Crippen molar-refractivity contribution in [1.29, 1.82) is 0 Å². The number of hydrogen-bond acceptors (Lipinski definition) is 3. The molecule has 1 aliphatic heterocycles. The molecule has 1 aliphatic rings. The normalized spacial score (nSPS) is 14.5. The summed E-state index contributed by atoms with van der Waals surface area (Å²) in [5.41, 5.74) is 0.629. The van der Waals surface area contributed by atoms with Crippen LogP contribution >= 0.6 is 11.3 Å². The third kappa shape index (κ3) is 2.70. The van der Waals surface area contributed by atoms with Crippen molar-refractivity contribution in [3.05, 3.63) is 34.5 Å². The van der Waals surface area contributed by atoms with Crippen LogP contribution in [0.25, 0.3) is 10.1 Å². The van der Waals surface area contributed by atoms with Crippen molar-refractivity contribution in [3.63, 3.8) is 0 Å². The molecule has 0 bridgehead atoms. The molecule has 0 spiro atoms. The van der Waals surface area contributed by atoms with Crippen LogP contribution < -0.4 is 5.32 Å². The average molecular weight is 320 g/mol. The van der Waals surface area contributed by atoms with Gasteiger partial charge in [0.1, 0.15) is 5.82 Å². The van der Waals surface area contributed by atoms with Crippen molar-refractivity contribution in [2.45, 2.75) is 19.8 Å². The van der Waals surface area contributed by atoms with Gasteiger partial charge in [-0.3, -0.25) is 9.59 Å². The molecule has 1 aromatic heterocycles. The van der Waals surface area contributed by atoms with Gasteiger partial charge in [-0.05, 0) is 37.5 Å². The van der Waals surface area contributed by atoms with E-state index in [-0.39, 0.29) is 24.2 Å². The second-order valence-electron chi connectivity index (χ2n) is 5.44. The van der Waals surface area contributed by atoms with Crippen molar-refractivity contribution in [2.24, 2.45) is 0 Å². The van der Waals surface area contributed by atoms with Crippen LogP contribution in [0.4, 0.5) is 4.39 Å². The monoisotopic (exact) mass is 320 g/mol. The lowest BCUT2D eigenvalue weighted by atomic mass is 10.1. The van der Waals surface area contributed by atoms with Crippen molar-refractivity contribution in [3.8, 4) is 0 Å². The molecule has 0 atom stereocenters. The molecule has 6 heteroatoms. The highest BCUT2D eigenvalue weighted by atomic mass is 32.1. The molecule has 0 radical (unpaired) electrons. The molecule has 2 amide bonds. The molecule has 2 aromatic rings. The van der Waals surface area contributed by atoms with E-state index in [1.165, 1.54) is 17.4 Å². The number of hydrogen-bond donors (Lipinski definition) is 1. The van der Waals surface area contributed by atoms with E-state index in [1.807, 2.05) is 0 Å². The quantitative estimate of drug-likeness (QED) is 0.945. The first kappa shape index (κ1) is 15.0. The van der Waals surface area contributed by atoms with Crippen LogP contribution in [0.5, 0.6) is 0 Å². The fourth-order valence-electron chi connectivity index (χ4n) is 2.78. The Labute approximate surface area is 131 Å². The zero-order valence-electron chi connectivity index (χ0n) is 12.3. The number of likely N-dealkylation sites (tertiary alicyclic amines) is 1. The van der Waals surface area contributed by atoms with Crippen LogP contribution in [0.1, 0.15) is 28.1 Å². The summed E-state index contributed by atoms with van der Waals surface area (Å²) >= 11 is 1.25. The van der Waals surface area contributed by atoms with Gasteiger partial charge in [0.15, 0.2) is 0 Å². The molecule has 0 unspecified atom stereocenters. The van der Waals surface area contributed by atoms with E-state index >= 15 is 0 Å². The Bertz CT molecular complexity index is 735. The SMILES string of the molecule is Cc1c(C(=O)NCC(=O)N2CCCC2)sc2cccc(F)c12. The topological polar surface area (TPSA) is 49.4 Å². The highest BCUT2D eigenvalue weighted by Gasteiger charge is 2.21. The number of benzene rings is 1. The molecule has 1 fully saturated rings. The standard InChI is InChI=1S/C16H17FN2O2S/c1-10-14-11(17)5-4-6-12(14)22-15(10)16(21)18-9-13(20)19-7-2-3-8-19/h4-6H,2-3,7-9H2,1H3,(H,18,21). The molecule has 0 aliphatic carbocycles. The number of nitrogens with one attached hydrogen (secondary N) is 1. The zero-order valence-corrected chi connectivity index (χ0v) is 13.1. The fraction of sp³-hybridized carbons (Fsp3) is 0.375. The van der Waals surface area contributed by atoms with Crippen LogP contribution in [0, 0.1) is 12.7 Å². The summed E-state index contributed by atoms with van der Waals surface area (Å²) in [6, 6.07) is 4.81. The lowest BCUT2D eigenvalue weighted by Crippen LogP contribution is -2.38. The van der Waals surface area contributed by atoms with E-state index in [0.29, 0.717) is 15.8 Å². The van der Waals surface area contributed by atoms with Crippen LogP contribution in [0.3, 0.4) is 0 Å². The van der Waals surface area contributed by atoms with Gasteiger partial charge in [0.2, 0.25) is 5.91 Å². The minimum Gasteiger partial charge on any atom is -0.342 e. The first-order valence-electron chi connectivity index (χ1n) is 7.31. The Kier molecular flexibility index (Phi) is 4.11. The summed E-state index contributed by atoms with van der Waals surface area (Å²) in [5.74, 6) is -0.695. The van der Waals surface area contributed by atoms with E-state index in [2.05, 4.69) is 5.32 Å². The molecule has 1 N–H and O–H groups in total. The van der Waals surface area contributed by atoms with E-state index in [0.717, 1.165) is 30.6 Å². The molecule has 0 saturated carbocycles. The lowest BCUT2D eigenvalue weighted by molar-refractivity contribution is -0.129. The summed E-state index contributed by atoms with van der Waals surface area (Å²) in [4.78, 5) is 26.4. The molecule has 1 aromatic carbocycles. The van der Waals surface area contributed by atoms with Gasteiger partial charge < -0.3 is 10.2 Å². The number of fused-ring (bicyclic) bond motifs is 1. The van der Waals surface area contributed by atoms with Gasteiger partial charge in [-0.2, -0.15) is 0 Å². The van der Waals surface area contributed by atoms with Gasteiger partial charge in [0, 0.05) is 23.2 Å². The second kappa shape index (κ2) is 6.04. The minimum atomic E-state index is -0.321. The maximum absolute atomic E-state index is 13.9. The molecular formula is C16H17FN2O2S. The Hall–Kier alpha value is -1.95. The first-order chi connectivity index (χ1) is 10.6. The predicted molar refractivity (Wildman–Crippen MR) is 84.7 cm³/mol. The summed E-state index contributed by atoms with van der Waals surface area (Å²) in [6.45, 7) is 3.26. The van der Waals surface area contributed by atoms with Gasteiger partial charge in [0.25, 0.3) is 5.91 Å². The summed E-state index contributed by atoms with van der Waals surface area (Å²) < 4.78 is 14.6. The van der Waals surface area contributed by atoms with Gasteiger partial charge in [-0.15, -0.1) is 11.3 Å². The maximum Gasteiger partial charge on any atom is 0.262 e. The molecule has 2 heterocycles. The summed E-state index contributed by atoms with van der Waals surface area (Å²) in [5, 5.41) is 3.14. The summed E-state index contributed by atoms with van der Waals surface area (Å²) in [6.07, 6.45) is 2.04. The Morgan fingerprint density at radius 3 is 2.73 bits per heavy atom. The number of thiophene rings is 1. The first-order valence-corrected chi connectivity index (χ1v) is 8.13. The fourth-order valence-corrected chi connectivity index (χ4v) is 3.92. The molecule has 3 rings (SSSR count). The Balaban J connectivity index is 1.74. The van der Waals surface area contributed by atoms with Gasteiger partial charge in [-0.1, -0.05) is 6.07 Å². The van der Waals surface area contributed by atoms with Crippen LogP contribution in [0.15, 0.2) is 18.2 Å². The highest BCUT2D eigenvalue weighted by Crippen LogP contribution is 2.32. The second-order valence-corrected chi connectivity index (χ2v) is 6.49. The minimum absolute atomic E-state index is 0.00496. The average Bonchev–Trinajstić information content (AvgIpc) is 3.13. The molecule has 1 saturated heterocycles. The van der Waals surface area contributed by atoms with Gasteiger partial charge >= 0.3 is 0 Å². The number of carbonyl (C=O) groups excluding carboxylic acids is 2. The van der Waals surface area contributed by atoms with E-state index in [1.54, 1.807) is 24.0 Å². The van der Waals surface area contributed by atoms with E-state index in [9.17, 15) is 14.0 Å². The Morgan fingerprint density at radius 1 is 1.32 bits per heavy atom. The van der Waals surface area contributed by atoms with Crippen LogP contribution in [-0.4, -0.2) is 36.3 Å². The predicted octanol–water partition coefficient (Wildman–Crippen LogP) is 2.70. The molecule has 116 valence electrons. The van der Waals surface area contributed by atoms with Gasteiger partial charge in [-0.25, -0.2) is 4.39 Å². The smallest absolute Gasteiger partial charge is 0.262 e. The van der Waals surface area contributed by atoms with Crippen molar-refractivity contribution >= 4 is 33.2 Å². The van der Waals surface area contributed by atoms with Crippen molar-refractivity contribution in [2.75, 3.05) is 19.6 Å². The molecule has 4 nitrogen and oxygen atoms in total. The molecule has 22 heavy (non-hydrogen) atoms. The number of rotatable bonds is 3.